The molecule has 0 saturated carbocycles. The summed E-state index contributed by atoms with van der Waals surface area (Å²) in [5.41, 5.74) is 0.479. The summed E-state index contributed by atoms with van der Waals surface area (Å²) in [6.07, 6.45) is 1.60. The van der Waals surface area contributed by atoms with Crippen LogP contribution in [0.4, 0.5) is 5.69 Å². The van der Waals surface area contributed by atoms with Gasteiger partial charge in [0.2, 0.25) is 0 Å². The molecule has 3 rings (SSSR count). The second-order valence-corrected chi connectivity index (χ2v) is 8.26. The number of carbonyl (C=O) groups excluding carboxylic acids is 2. The molecule has 29 heavy (non-hydrogen) atoms. The highest BCUT2D eigenvalue weighted by Gasteiger charge is 2.22. The van der Waals surface area contributed by atoms with Crippen molar-refractivity contribution in [3.05, 3.63) is 66.4 Å². The lowest BCUT2D eigenvalue weighted by atomic mass is 10.1. The van der Waals surface area contributed by atoms with E-state index in [1.165, 1.54) is 35.1 Å². The molecule has 11 heteroatoms. The lowest BCUT2D eigenvalue weighted by molar-refractivity contribution is 0.0989. The number of anilines is 1. The number of benzene rings is 1. The van der Waals surface area contributed by atoms with Crippen molar-refractivity contribution in [1.82, 2.24) is 14.8 Å². The van der Waals surface area contributed by atoms with Gasteiger partial charge in [-0.15, -0.1) is 0 Å². The summed E-state index contributed by atoms with van der Waals surface area (Å²) in [5.74, 6) is -0.592. The van der Waals surface area contributed by atoms with Crippen molar-refractivity contribution < 1.29 is 9.59 Å². The van der Waals surface area contributed by atoms with Gasteiger partial charge in [0, 0.05) is 29.3 Å². The molecule has 0 bridgehead atoms. The number of carbonyl (C=O) groups is 2. The number of hydrogen-bond acceptors (Lipinski definition) is 4. The highest BCUT2D eigenvalue weighted by Crippen LogP contribution is 2.32. The lowest BCUT2D eigenvalue weighted by Gasteiger charge is -2.13. The number of ketones is 1. The molecule has 0 aliphatic heterocycles. The highest BCUT2D eigenvalue weighted by molar-refractivity contribution is 9.10. The van der Waals surface area contributed by atoms with Crippen LogP contribution in [0, 0.1) is 0 Å². The molecule has 150 valence electrons. The predicted molar refractivity (Wildman–Crippen MR) is 118 cm³/mol. The van der Waals surface area contributed by atoms with Crippen molar-refractivity contribution in [1.29, 1.82) is 0 Å². The normalized spacial score (nSPS) is 10.8. The first-order valence-electron chi connectivity index (χ1n) is 8.11. The van der Waals surface area contributed by atoms with Gasteiger partial charge < -0.3 is 5.32 Å². The SMILES string of the molecule is CCC(=O)c1cc(Cl)cc(Cl)c1NC(=O)c1cc(Br)nn1-c1ncc(Cl)cc1Cl. The molecule has 0 unspecified atom stereocenters. The molecule has 2 aromatic heterocycles. The van der Waals surface area contributed by atoms with E-state index in [1.807, 2.05) is 0 Å². The molecule has 1 aromatic carbocycles. The Bertz CT molecular complexity index is 1130. The van der Waals surface area contributed by atoms with Crippen LogP contribution >= 0.6 is 62.3 Å². The Balaban J connectivity index is 2.05. The third-order valence-corrected chi connectivity index (χ3v) is 5.20. The third kappa shape index (κ3) is 4.75. The van der Waals surface area contributed by atoms with E-state index in [4.69, 9.17) is 46.4 Å². The molecule has 0 saturated heterocycles. The van der Waals surface area contributed by atoms with Crippen molar-refractivity contribution in [2.75, 3.05) is 5.32 Å². The number of pyridine rings is 1. The Labute approximate surface area is 194 Å². The van der Waals surface area contributed by atoms with Crippen LogP contribution in [-0.2, 0) is 0 Å². The number of aromatic nitrogens is 3. The van der Waals surface area contributed by atoms with Crippen LogP contribution in [0.3, 0.4) is 0 Å². The first-order chi connectivity index (χ1) is 13.7. The topological polar surface area (TPSA) is 76.9 Å². The molecule has 0 aliphatic rings. The number of hydrogen-bond donors (Lipinski definition) is 1. The molecule has 0 atom stereocenters. The van der Waals surface area contributed by atoms with Crippen LogP contribution in [0.25, 0.3) is 5.82 Å². The van der Waals surface area contributed by atoms with Crippen molar-refractivity contribution in [2.24, 2.45) is 0 Å². The number of rotatable bonds is 5. The van der Waals surface area contributed by atoms with Crippen LogP contribution in [0.2, 0.25) is 20.1 Å². The van der Waals surface area contributed by atoms with E-state index >= 15 is 0 Å². The van der Waals surface area contributed by atoms with Crippen LogP contribution < -0.4 is 5.32 Å². The van der Waals surface area contributed by atoms with Crippen LogP contribution in [0.1, 0.15) is 34.2 Å². The van der Waals surface area contributed by atoms with Gasteiger partial charge in [-0.1, -0.05) is 53.3 Å². The summed E-state index contributed by atoms with van der Waals surface area (Å²) in [5, 5.41) is 7.83. The molecule has 0 aliphatic carbocycles. The fourth-order valence-electron chi connectivity index (χ4n) is 2.53. The van der Waals surface area contributed by atoms with Gasteiger partial charge in [0.1, 0.15) is 10.3 Å². The predicted octanol–water partition coefficient (Wildman–Crippen LogP) is 6.49. The maximum Gasteiger partial charge on any atom is 0.274 e. The minimum atomic E-state index is -0.578. The lowest BCUT2D eigenvalue weighted by Crippen LogP contribution is -2.19. The monoisotopic (exact) mass is 534 g/mol. The largest absolute Gasteiger partial charge is 0.319 e. The fourth-order valence-corrected chi connectivity index (χ4v) is 3.90. The Morgan fingerprint density at radius 3 is 2.41 bits per heavy atom. The van der Waals surface area contributed by atoms with Crippen molar-refractivity contribution >= 4 is 79.7 Å². The van der Waals surface area contributed by atoms with E-state index in [-0.39, 0.29) is 50.0 Å². The van der Waals surface area contributed by atoms with Gasteiger partial charge in [-0.25, -0.2) is 9.67 Å². The fraction of sp³-hybridized carbons (Fsp3) is 0.111. The van der Waals surface area contributed by atoms with E-state index in [2.05, 4.69) is 31.3 Å². The summed E-state index contributed by atoms with van der Waals surface area (Å²) in [6, 6.07) is 5.86. The van der Waals surface area contributed by atoms with Crippen molar-refractivity contribution in [3.8, 4) is 5.82 Å². The Morgan fingerprint density at radius 2 is 1.76 bits per heavy atom. The van der Waals surface area contributed by atoms with E-state index in [0.29, 0.717) is 9.63 Å². The maximum absolute atomic E-state index is 13.0. The smallest absolute Gasteiger partial charge is 0.274 e. The number of Topliss-reactive ketones (excluding diaryl/α,β-unsaturated/α-hetero) is 1. The number of amides is 1. The summed E-state index contributed by atoms with van der Waals surface area (Å²) >= 11 is 27.6. The zero-order chi connectivity index (χ0) is 21.3. The van der Waals surface area contributed by atoms with Gasteiger partial charge in [0.25, 0.3) is 5.91 Å². The van der Waals surface area contributed by atoms with E-state index in [1.54, 1.807) is 6.92 Å². The Kier molecular flexibility index (Phi) is 6.86. The number of halogens is 5. The second-order valence-electron chi connectivity index (χ2n) is 5.76. The molecule has 0 spiro atoms. The average Bonchev–Trinajstić information content (AvgIpc) is 3.04. The maximum atomic E-state index is 13.0. The summed E-state index contributed by atoms with van der Waals surface area (Å²) in [7, 11) is 0. The molecular weight excluding hydrogens is 526 g/mol. The van der Waals surface area contributed by atoms with Crippen molar-refractivity contribution in [3.63, 3.8) is 0 Å². The first-order valence-corrected chi connectivity index (χ1v) is 10.4. The van der Waals surface area contributed by atoms with E-state index in [9.17, 15) is 9.59 Å². The first kappa shape index (κ1) is 22.1. The minimum Gasteiger partial charge on any atom is -0.319 e. The Hall–Kier alpha value is -1.64. The van der Waals surface area contributed by atoms with E-state index < -0.39 is 5.91 Å². The summed E-state index contributed by atoms with van der Waals surface area (Å²) < 4.78 is 1.63. The van der Waals surface area contributed by atoms with E-state index in [0.717, 1.165) is 0 Å². The van der Waals surface area contributed by atoms with Gasteiger partial charge in [0.05, 0.1) is 20.8 Å². The number of nitrogens with one attached hydrogen (secondary N) is 1. The van der Waals surface area contributed by atoms with Gasteiger partial charge in [-0.3, -0.25) is 9.59 Å². The van der Waals surface area contributed by atoms with Gasteiger partial charge in [-0.2, -0.15) is 5.10 Å². The quantitative estimate of drug-likeness (QED) is 0.378. The third-order valence-electron chi connectivity index (χ3n) is 3.82. The Morgan fingerprint density at radius 1 is 1.07 bits per heavy atom. The molecule has 3 aromatic rings. The second kappa shape index (κ2) is 9.02. The number of nitrogens with zero attached hydrogens (tertiary/aromatic N) is 3. The molecule has 0 fully saturated rings. The molecule has 1 N–H and O–H groups in total. The van der Waals surface area contributed by atoms with Crippen molar-refractivity contribution in [2.45, 2.75) is 13.3 Å². The van der Waals surface area contributed by atoms with Gasteiger partial charge in [0.15, 0.2) is 11.6 Å². The molecule has 6 nitrogen and oxygen atoms in total. The summed E-state index contributed by atoms with van der Waals surface area (Å²) in [4.78, 5) is 29.4. The van der Waals surface area contributed by atoms with Gasteiger partial charge in [-0.05, 0) is 34.1 Å². The zero-order valence-corrected chi connectivity index (χ0v) is 19.3. The molecule has 1 amide bonds. The van der Waals surface area contributed by atoms with Gasteiger partial charge >= 0.3 is 0 Å². The molecule has 2 heterocycles. The standard InChI is InChI=1S/C18H11BrCl4N4O2/c1-2-14(28)10-3-8(20)4-11(22)16(10)25-18(29)13-6-15(19)26-27(13)17-12(23)5-9(21)7-24-17/h3-7H,2H2,1H3,(H,25,29). The molecular formula is C18H11BrCl4N4O2. The summed E-state index contributed by atoms with van der Waals surface area (Å²) in [6.45, 7) is 1.70. The van der Waals surface area contributed by atoms with Crippen LogP contribution in [-0.4, -0.2) is 26.5 Å². The molecule has 0 radical (unpaired) electrons. The van der Waals surface area contributed by atoms with Crippen LogP contribution in [0.15, 0.2) is 35.1 Å². The zero-order valence-electron chi connectivity index (χ0n) is 14.6. The minimum absolute atomic E-state index is 0.106. The average molecular weight is 537 g/mol. The van der Waals surface area contributed by atoms with Crippen LogP contribution in [0.5, 0.6) is 0 Å². The highest BCUT2D eigenvalue weighted by atomic mass is 79.9.